The number of hydrogen-bond acceptors (Lipinski definition) is 2. The van der Waals surface area contributed by atoms with Crippen LogP contribution in [0.3, 0.4) is 0 Å². The summed E-state index contributed by atoms with van der Waals surface area (Å²) in [4.78, 5) is 24.4. The van der Waals surface area contributed by atoms with Crippen LogP contribution in [0, 0.1) is 0 Å². The molecule has 1 aliphatic carbocycles. The lowest BCUT2D eigenvalue weighted by Gasteiger charge is -2.17. The molecule has 92 valence electrons. The summed E-state index contributed by atoms with van der Waals surface area (Å²) < 4.78 is 0. The van der Waals surface area contributed by atoms with Gasteiger partial charge in [-0.05, 0) is 13.8 Å². The summed E-state index contributed by atoms with van der Waals surface area (Å²) >= 11 is 0. The standard InChI is InChI=1S/C16H16O2/c1-5-8-10-13-11(4)15(17)14(9-6-2)12(7-3)16(13)18/h5-10H,1,3H2,2,4H3/b9-6-,10-8-. The van der Waals surface area contributed by atoms with Crippen molar-refractivity contribution in [1.82, 2.24) is 0 Å². The summed E-state index contributed by atoms with van der Waals surface area (Å²) in [5.41, 5.74) is 1.62. The molecule has 1 rings (SSSR count). The summed E-state index contributed by atoms with van der Waals surface area (Å²) in [7, 11) is 0. The SMILES string of the molecule is C=C/C=C\C1=C(C)C(=O)C(/C=C\C)=C(C=C)C1=O. The van der Waals surface area contributed by atoms with Crippen molar-refractivity contribution in [2.24, 2.45) is 0 Å². The third-order valence-electron chi connectivity index (χ3n) is 2.71. The molecule has 0 aromatic heterocycles. The topological polar surface area (TPSA) is 34.1 Å². The van der Waals surface area contributed by atoms with E-state index in [-0.39, 0.29) is 11.6 Å². The largest absolute Gasteiger partial charge is 0.289 e. The molecule has 0 unspecified atom stereocenters. The second kappa shape index (κ2) is 5.92. The molecule has 0 saturated heterocycles. The summed E-state index contributed by atoms with van der Waals surface area (Å²) in [6.45, 7) is 10.6. The molecule has 18 heavy (non-hydrogen) atoms. The van der Waals surface area contributed by atoms with E-state index in [1.165, 1.54) is 6.08 Å². The van der Waals surface area contributed by atoms with E-state index in [2.05, 4.69) is 13.2 Å². The van der Waals surface area contributed by atoms with Crippen molar-refractivity contribution < 1.29 is 9.59 Å². The maximum atomic E-state index is 12.2. The van der Waals surface area contributed by atoms with Crippen molar-refractivity contribution in [3.8, 4) is 0 Å². The Morgan fingerprint density at radius 3 is 2.11 bits per heavy atom. The minimum Gasteiger partial charge on any atom is -0.289 e. The highest BCUT2D eigenvalue weighted by atomic mass is 16.1. The van der Waals surface area contributed by atoms with Crippen molar-refractivity contribution in [3.63, 3.8) is 0 Å². The number of Topliss-reactive ketones (excluding diaryl/α,β-unsaturated/α-hetero) is 2. The molecular formula is C16H16O2. The molecule has 0 spiro atoms. The van der Waals surface area contributed by atoms with Crippen LogP contribution in [-0.4, -0.2) is 11.6 Å². The van der Waals surface area contributed by atoms with Crippen LogP contribution in [0.1, 0.15) is 13.8 Å². The summed E-state index contributed by atoms with van der Waals surface area (Å²) in [6.07, 6.45) is 9.64. The molecule has 0 atom stereocenters. The fraction of sp³-hybridized carbons (Fsp3) is 0.125. The fourth-order valence-electron chi connectivity index (χ4n) is 1.78. The van der Waals surface area contributed by atoms with Gasteiger partial charge in [-0.25, -0.2) is 0 Å². The average Bonchev–Trinajstić information content (AvgIpc) is 2.36. The van der Waals surface area contributed by atoms with Crippen LogP contribution < -0.4 is 0 Å². The molecular weight excluding hydrogens is 224 g/mol. The van der Waals surface area contributed by atoms with E-state index in [1.807, 2.05) is 0 Å². The first-order chi connectivity index (χ1) is 8.58. The molecule has 0 heterocycles. The number of hydrogen-bond donors (Lipinski definition) is 0. The van der Waals surface area contributed by atoms with Gasteiger partial charge in [-0.15, -0.1) is 0 Å². The smallest absolute Gasteiger partial charge is 0.194 e. The Morgan fingerprint density at radius 2 is 1.61 bits per heavy atom. The van der Waals surface area contributed by atoms with E-state index < -0.39 is 0 Å². The molecule has 2 heteroatoms. The second-order valence-electron chi connectivity index (χ2n) is 3.82. The Bertz CT molecular complexity index is 537. The summed E-state index contributed by atoms with van der Waals surface area (Å²) in [5, 5.41) is 0. The first kappa shape index (κ1) is 13.8. The lowest BCUT2D eigenvalue weighted by atomic mass is 9.84. The minimum absolute atomic E-state index is 0.133. The van der Waals surface area contributed by atoms with E-state index >= 15 is 0 Å². The fourth-order valence-corrected chi connectivity index (χ4v) is 1.78. The van der Waals surface area contributed by atoms with E-state index in [0.29, 0.717) is 22.3 Å². The summed E-state index contributed by atoms with van der Waals surface area (Å²) in [6, 6.07) is 0. The highest BCUT2D eigenvalue weighted by Gasteiger charge is 2.28. The predicted molar refractivity (Wildman–Crippen MR) is 74.1 cm³/mol. The van der Waals surface area contributed by atoms with Gasteiger partial charge in [0.1, 0.15) is 0 Å². The van der Waals surface area contributed by atoms with Crippen LogP contribution in [0.25, 0.3) is 0 Å². The number of rotatable bonds is 4. The van der Waals surface area contributed by atoms with E-state index in [0.717, 1.165) is 0 Å². The maximum Gasteiger partial charge on any atom is 0.194 e. The molecule has 0 N–H and O–H groups in total. The molecule has 0 bridgehead atoms. The van der Waals surface area contributed by atoms with Gasteiger partial charge in [0.2, 0.25) is 0 Å². The van der Waals surface area contributed by atoms with Gasteiger partial charge >= 0.3 is 0 Å². The minimum atomic E-state index is -0.173. The van der Waals surface area contributed by atoms with Gasteiger partial charge in [-0.2, -0.15) is 0 Å². The molecule has 0 aliphatic heterocycles. The van der Waals surface area contributed by atoms with E-state index in [4.69, 9.17) is 0 Å². The molecule has 0 amide bonds. The predicted octanol–water partition coefficient (Wildman–Crippen LogP) is 3.26. The molecule has 1 aliphatic rings. The monoisotopic (exact) mass is 240 g/mol. The second-order valence-corrected chi connectivity index (χ2v) is 3.82. The van der Waals surface area contributed by atoms with Crippen molar-refractivity contribution >= 4 is 11.6 Å². The Balaban J connectivity index is 3.44. The van der Waals surface area contributed by atoms with Gasteiger partial charge in [0.15, 0.2) is 11.6 Å². The number of carbonyl (C=O) groups is 2. The van der Waals surface area contributed by atoms with Crippen molar-refractivity contribution in [2.45, 2.75) is 13.8 Å². The molecule has 0 aromatic rings. The normalized spacial score (nSPS) is 17.2. The highest BCUT2D eigenvalue weighted by Crippen LogP contribution is 2.26. The van der Waals surface area contributed by atoms with Crippen LogP contribution in [0.5, 0.6) is 0 Å². The lowest BCUT2D eigenvalue weighted by Crippen LogP contribution is -2.20. The zero-order valence-electron chi connectivity index (χ0n) is 10.7. The number of carbonyl (C=O) groups excluding carboxylic acids is 2. The lowest BCUT2D eigenvalue weighted by molar-refractivity contribution is -0.115. The summed E-state index contributed by atoms with van der Waals surface area (Å²) in [5.74, 6) is -0.306. The number of ketones is 2. The van der Waals surface area contributed by atoms with Gasteiger partial charge in [0, 0.05) is 22.3 Å². The zero-order valence-corrected chi connectivity index (χ0v) is 10.7. The molecule has 0 aromatic carbocycles. The Labute approximate surface area is 107 Å². The van der Waals surface area contributed by atoms with Crippen molar-refractivity contribution in [3.05, 3.63) is 71.9 Å². The maximum absolute atomic E-state index is 12.2. The van der Waals surface area contributed by atoms with Gasteiger partial charge in [-0.1, -0.05) is 49.6 Å². The Kier molecular flexibility index (Phi) is 4.55. The van der Waals surface area contributed by atoms with Crippen LogP contribution in [0.2, 0.25) is 0 Å². The zero-order chi connectivity index (χ0) is 13.7. The molecule has 0 radical (unpaired) electrons. The molecule has 0 saturated carbocycles. The third-order valence-corrected chi connectivity index (χ3v) is 2.71. The Hall–Kier alpha value is -2.22. The highest BCUT2D eigenvalue weighted by molar-refractivity contribution is 6.28. The quantitative estimate of drug-likeness (QED) is 0.558. The molecule has 2 nitrogen and oxygen atoms in total. The van der Waals surface area contributed by atoms with E-state index in [9.17, 15) is 9.59 Å². The van der Waals surface area contributed by atoms with Gasteiger partial charge in [0.05, 0.1) is 0 Å². The van der Waals surface area contributed by atoms with Crippen LogP contribution >= 0.6 is 0 Å². The Morgan fingerprint density at radius 1 is 0.944 bits per heavy atom. The van der Waals surface area contributed by atoms with Crippen molar-refractivity contribution in [2.75, 3.05) is 0 Å². The van der Waals surface area contributed by atoms with Gasteiger partial charge in [0.25, 0.3) is 0 Å². The van der Waals surface area contributed by atoms with Gasteiger partial charge in [-0.3, -0.25) is 9.59 Å². The van der Waals surface area contributed by atoms with Crippen molar-refractivity contribution in [1.29, 1.82) is 0 Å². The van der Waals surface area contributed by atoms with Crippen LogP contribution in [-0.2, 0) is 9.59 Å². The third kappa shape index (κ3) is 2.38. The first-order valence-electron chi connectivity index (χ1n) is 5.67. The van der Waals surface area contributed by atoms with Gasteiger partial charge < -0.3 is 0 Å². The first-order valence-corrected chi connectivity index (χ1v) is 5.67. The molecule has 0 fully saturated rings. The van der Waals surface area contributed by atoms with E-state index in [1.54, 1.807) is 44.2 Å². The average molecular weight is 240 g/mol. The van der Waals surface area contributed by atoms with Crippen LogP contribution in [0.15, 0.2) is 71.9 Å². The number of allylic oxidation sites excluding steroid dienone is 10. The van der Waals surface area contributed by atoms with Crippen LogP contribution in [0.4, 0.5) is 0 Å².